The first-order valence-corrected chi connectivity index (χ1v) is 12.8. The molecule has 14 heteroatoms. The Morgan fingerprint density at radius 2 is 1.71 bits per heavy atom. The molecule has 2 aromatic rings. The highest BCUT2D eigenvalue weighted by molar-refractivity contribution is 6.06. The molecule has 0 bridgehead atoms. The summed E-state index contributed by atoms with van der Waals surface area (Å²) in [4.78, 5) is 40.0. The molecule has 2 saturated heterocycles. The zero-order valence-corrected chi connectivity index (χ0v) is 21.6. The number of hydrogen-bond acceptors (Lipinski definition) is 4. The van der Waals surface area contributed by atoms with Crippen LogP contribution in [0.5, 0.6) is 0 Å². The van der Waals surface area contributed by atoms with Gasteiger partial charge in [-0.15, -0.1) is 0 Å². The quantitative estimate of drug-likeness (QED) is 0.433. The van der Waals surface area contributed by atoms with Crippen LogP contribution in [-0.2, 0) is 20.5 Å². The molecule has 0 saturated carbocycles. The van der Waals surface area contributed by atoms with E-state index in [1.807, 2.05) is 0 Å². The van der Waals surface area contributed by atoms with Gasteiger partial charge in [0, 0.05) is 17.5 Å². The fourth-order valence-corrected chi connectivity index (χ4v) is 5.06. The lowest BCUT2D eigenvalue weighted by atomic mass is 9.90. The number of alkyl halides is 6. The van der Waals surface area contributed by atoms with Gasteiger partial charge < -0.3 is 20.3 Å². The predicted molar refractivity (Wildman–Crippen MR) is 131 cm³/mol. The molecular weight excluding hydrogens is 563 g/mol. The van der Waals surface area contributed by atoms with Gasteiger partial charge in [0.15, 0.2) is 0 Å². The summed E-state index contributed by atoms with van der Waals surface area (Å²) < 4.78 is 97.8. The molecule has 0 aromatic heterocycles. The number of benzene rings is 2. The van der Waals surface area contributed by atoms with Gasteiger partial charge in [0.2, 0.25) is 5.91 Å². The summed E-state index contributed by atoms with van der Waals surface area (Å²) in [6, 6.07) is 4.44. The zero-order valence-electron chi connectivity index (χ0n) is 21.6. The van der Waals surface area contributed by atoms with Crippen molar-refractivity contribution in [2.45, 2.75) is 56.7 Å². The van der Waals surface area contributed by atoms with Gasteiger partial charge in [-0.05, 0) is 43.5 Å². The van der Waals surface area contributed by atoms with E-state index < -0.39 is 71.2 Å². The SMILES string of the molecule is CC[C@@H]1CC[C@H](C(=O)NC(c2ccc(C(F)(F)F)cc2F)C2COC2)N1C(=O)c1ccccc1NC(=O)C(F)(F)F. The third-order valence-electron chi connectivity index (χ3n) is 7.27. The molecule has 0 aliphatic carbocycles. The van der Waals surface area contributed by atoms with Crippen LogP contribution in [0.15, 0.2) is 42.5 Å². The molecule has 1 unspecified atom stereocenters. The molecule has 41 heavy (non-hydrogen) atoms. The van der Waals surface area contributed by atoms with Crippen molar-refractivity contribution in [3.63, 3.8) is 0 Å². The monoisotopic (exact) mass is 589 g/mol. The number of carbonyl (C=O) groups excluding carboxylic acids is 3. The Bertz CT molecular complexity index is 1310. The number of ether oxygens (including phenoxy) is 1. The maximum absolute atomic E-state index is 14.9. The van der Waals surface area contributed by atoms with Gasteiger partial charge in [-0.2, -0.15) is 26.3 Å². The fourth-order valence-electron chi connectivity index (χ4n) is 5.06. The smallest absolute Gasteiger partial charge is 0.381 e. The highest BCUT2D eigenvalue weighted by Crippen LogP contribution is 2.36. The summed E-state index contributed by atoms with van der Waals surface area (Å²) in [6.07, 6.45) is -9.01. The normalized spacial score (nSPS) is 20.3. The van der Waals surface area contributed by atoms with Crippen molar-refractivity contribution in [1.82, 2.24) is 10.2 Å². The molecule has 3 amide bonds. The third-order valence-corrected chi connectivity index (χ3v) is 7.27. The maximum atomic E-state index is 14.9. The van der Waals surface area contributed by atoms with Gasteiger partial charge >= 0.3 is 18.3 Å². The molecule has 4 rings (SSSR count). The van der Waals surface area contributed by atoms with Crippen LogP contribution >= 0.6 is 0 Å². The summed E-state index contributed by atoms with van der Waals surface area (Å²) >= 11 is 0. The molecule has 2 aliphatic heterocycles. The van der Waals surface area contributed by atoms with E-state index >= 15 is 0 Å². The first-order valence-electron chi connectivity index (χ1n) is 12.8. The molecule has 2 fully saturated rings. The Morgan fingerprint density at radius 3 is 2.27 bits per heavy atom. The van der Waals surface area contributed by atoms with Crippen LogP contribution in [-0.4, -0.2) is 54.1 Å². The molecular formula is C27H26F7N3O4. The number of para-hydroxylation sites is 1. The number of rotatable bonds is 7. The van der Waals surface area contributed by atoms with Crippen molar-refractivity contribution in [1.29, 1.82) is 0 Å². The van der Waals surface area contributed by atoms with Gasteiger partial charge in [0.1, 0.15) is 11.9 Å². The number of amides is 3. The Morgan fingerprint density at radius 1 is 1.02 bits per heavy atom. The van der Waals surface area contributed by atoms with Gasteiger partial charge in [0.25, 0.3) is 5.91 Å². The summed E-state index contributed by atoms with van der Waals surface area (Å²) in [5, 5.41) is 4.36. The number of likely N-dealkylation sites (tertiary alicyclic amines) is 1. The first kappa shape index (κ1) is 30.3. The minimum atomic E-state index is -5.20. The zero-order chi connectivity index (χ0) is 30.1. The summed E-state index contributed by atoms with van der Waals surface area (Å²) in [5.41, 5.74) is -2.02. The van der Waals surface area contributed by atoms with Gasteiger partial charge in [-0.3, -0.25) is 14.4 Å². The molecule has 2 N–H and O–H groups in total. The average molecular weight is 590 g/mol. The second-order valence-corrected chi connectivity index (χ2v) is 9.88. The Hall–Kier alpha value is -3.68. The second kappa shape index (κ2) is 11.7. The highest BCUT2D eigenvalue weighted by Gasteiger charge is 2.44. The maximum Gasteiger partial charge on any atom is 0.471 e. The minimum absolute atomic E-state index is 0.114. The van der Waals surface area contributed by atoms with Crippen molar-refractivity contribution < 1.29 is 49.9 Å². The molecule has 0 radical (unpaired) electrons. The second-order valence-electron chi connectivity index (χ2n) is 9.88. The summed E-state index contributed by atoms with van der Waals surface area (Å²) in [6.45, 7) is 1.99. The lowest BCUT2D eigenvalue weighted by molar-refractivity contribution is -0.167. The van der Waals surface area contributed by atoms with Crippen LogP contribution in [0.4, 0.5) is 36.4 Å². The van der Waals surface area contributed by atoms with Crippen molar-refractivity contribution in [3.8, 4) is 0 Å². The van der Waals surface area contributed by atoms with E-state index in [0.717, 1.165) is 12.1 Å². The molecule has 0 spiro atoms. The largest absolute Gasteiger partial charge is 0.471 e. The van der Waals surface area contributed by atoms with E-state index in [-0.39, 0.29) is 30.8 Å². The number of carbonyl (C=O) groups is 3. The molecule has 3 atom stereocenters. The number of nitrogens with zero attached hydrogens (tertiary/aromatic N) is 1. The van der Waals surface area contributed by atoms with Crippen LogP contribution in [0.25, 0.3) is 0 Å². The van der Waals surface area contributed by atoms with E-state index in [1.54, 1.807) is 12.2 Å². The van der Waals surface area contributed by atoms with Crippen molar-refractivity contribution >= 4 is 23.4 Å². The number of halogens is 7. The van der Waals surface area contributed by atoms with E-state index in [9.17, 15) is 45.1 Å². The average Bonchev–Trinajstić information content (AvgIpc) is 3.30. The van der Waals surface area contributed by atoms with E-state index in [0.29, 0.717) is 25.0 Å². The van der Waals surface area contributed by atoms with Crippen LogP contribution in [0.2, 0.25) is 0 Å². The lowest BCUT2D eigenvalue weighted by Gasteiger charge is -2.36. The minimum Gasteiger partial charge on any atom is -0.381 e. The Balaban J connectivity index is 1.61. The van der Waals surface area contributed by atoms with Crippen LogP contribution in [0.1, 0.15) is 53.7 Å². The standard InChI is InChI=1S/C27H26F7N3O4/c1-2-16-8-10-21(37(16)24(39)18-5-3-4-6-20(18)35-25(40)27(32,33)34)23(38)36-22(14-12-41-13-14)17-9-7-15(11-19(17)28)26(29,30)31/h3-7,9,11,14,16,21-22H,2,8,10,12-13H2,1H3,(H,35,40)(H,36,38)/t16-,21-,22?/m1/s1. The summed E-state index contributed by atoms with van der Waals surface area (Å²) in [5.74, 6) is -5.39. The van der Waals surface area contributed by atoms with Crippen molar-refractivity contribution in [2.75, 3.05) is 18.5 Å². The topological polar surface area (TPSA) is 87.7 Å². The van der Waals surface area contributed by atoms with E-state index in [1.165, 1.54) is 23.1 Å². The Labute approximate surface area is 230 Å². The van der Waals surface area contributed by atoms with Gasteiger partial charge in [0.05, 0.1) is 36.1 Å². The van der Waals surface area contributed by atoms with Crippen molar-refractivity contribution in [3.05, 3.63) is 65.0 Å². The van der Waals surface area contributed by atoms with Crippen LogP contribution in [0, 0.1) is 11.7 Å². The molecule has 2 aromatic carbocycles. The number of anilines is 1. The van der Waals surface area contributed by atoms with E-state index in [4.69, 9.17) is 4.74 Å². The Kier molecular flexibility index (Phi) is 8.62. The van der Waals surface area contributed by atoms with E-state index in [2.05, 4.69) is 5.32 Å². The molecule has 222 valence electrons. The predicted octanol–water partition coefficient (Wildman–Crippen LogP) is 5.23. The van der Waals surface area contributed by atoms with Crippen LogP contribution < -0.4 is 10.6 Å². The van der Waals surface area contributed by atoms with Gasteiger partial charge in [-0.25, -0.2) is 4.39 Å². The van der Waals surface area contributed by atoms with Gasteiger partial charge in [-0.1, -0.05) is 25.1 Å². The number of nitrogens with one attached hydrogen (secondary N) is 2. The van der Waals surface area contributed by atoms with Crippen LogP contribution in [0.3, 0.4) is 0 Å². The summed E-state index contributed by atoms with van der Waals surface area (Å²) in [7, 11) is 0. The molecule has 2 aliphatic rings. The molecule has 2 heterocycles. The fraction of sp³-hybridized carbons (Fsp3) is 0.444. The third kappa shape index (κ3) is 6.47. The lowest BCUT2D eigenvalue weighted by Crippen LogP contribution is -2.52. The highest BCUT2D eigenvalue weighted by atomic mass is 19.4. The van der Waals surface area contributed by atoms with Crippen molar-refractivity contribution in [2.24, 2.45) is 5.92 Å². The number of hydrogen-bond donors (Lipinski definition) is 2. The molecule has 7 nitrogen and oxygen atoms in total. The first-order chi connectivity index (χ1) is 19.2.